The average molecular weight is 237 g/mol. The van der Waals surface area contributed by atoms with E-state index in [0.29, 0.717) is 17.9 Å². The molecule has 0 radical (unpaired) electrons. The van der Waals surface area contributed by atoms with Gasteiger partial charge in [0.2, 0.25) is 5.95 Å². The zero-order valence-electron chi connectivity index (χ0n) is 11.0. The first-order chi connectivity index (χ1) is 8.08. The molecule has 1 saturated heterocycles. The second-order valence-corrected chi connectivity index (χ2v) is 5.36. The molecule has 0 amide bonds. The van der Waals surface area contributed by atoms with E-state index in [2.05, 4.69) is 40.9 Å². The van der Waals surface area contributed by atoms with Gasteiger partial charge < -0.3 is 10.6 Å². The number of aromatic nitrogens is 3. The van der Waals surface area contributed by atoms with Crippen LogP contribution in [-0.2, 0) is 0 Å². The molecule has 0 bridgehead atoms. The van der Waals surface area contributed by atoms with E-state index in [1.54, 1.807) is 0 Å². The van der Waals surface area contributed by atoms with Crippen LogP contribution in [0.15, 0.2) is 0 Å². The average Bonchev–Trinajstić information content (AvgIpc) is 2.78. The minimum absolute atomic E-state index is 0.301. The molecule has 0 aromatic carbocycles. The molecule has 17 heavy (non-hydrogen) atoms. The van der Waals surface area contributed by atoms with Crippen LogP contribution >= 0.6 is 0 Å². The highest BCUT2D eigenvalue weighted by Crippen LogP contribution is 2.23. The molecule has 2 rings (SSSR count). The molecule has 1 aromatic rings. The Balaban J connectivity index is 1.96. The lowest BCUT2D eigenvalue weighted by Gasteiger charge is -2.32. The second-order valence-electron chi connectivity index (χ2n) is 5.36. The molecule has 0 aliphatic carbocycles. The molecule has 5 heteroatoms. The number of rotatable bonds is 3. The Labute approximate surface area is 103 Å². The van der Waals surface area contributed by atoms with Gasteiger partial charge in [-0.1, -0.05) is 13.8 Å². The van der Waals surface area contributed by atoms with Crippen molar-refractivity contribution in [3.63, 3.8) is 0 Å². The smallest absolute Gasteiger partial charge is 0.244 e. The lowest BCUT2D eigenvalue weighted by Crippen LogP contribution is -2.40. The summed E-state index contributed by atoms with van der Waals surface area (Å²) in [6, 6.07) is 0.301. The topological polar surface area (TPSA) is 70.8 Å². The van der Waals surface area contributed by atoms with E-state index in [4.69, 9.17) is 5.73 Å². The summed E-state index contributed by atoms with van der Waals surface area (Å²) in [7, 11) is 0. The van der Waals surface area contributed by atoms with Gasteiger partial charge in [0.05, 0.1) is 0 Å². The molecule has 0 saturated carbocycles. The van der Waals surface area contributed by atoms with Crippen LogP contribution in [0.25, 0.3) is 0 Å². The van der Waals surface area contributed by atoms with Gasteiger partial charge in [0.25, 0.3) is 0 Å². The van der Waals surface area contributed by atoms with E-state index in [1.165, 1.54) is 0 Å². The Hall–Kier alpha value is -1.10. The predicted molar refractivity (Wildman–Crippen MR) is 69.1 cm³/mol. The Bertz CT molecular complexity index is 350. The van der Waals surface area contributed by atoms with Gasteiger partial charge in [-0.15, -0.1) is 5.10 Å². The van der Waals surface area contributed by atoms with Crippen molar-refractivity contribution in [1.29, 1.82) is 0 Å². The van der Waals surface area contributed by atoms with Gasteiger partial charge in [-0.3, -0.25) is 5.10 Å². The van der Waals surface area contributed by atoms with Crippen molar-refractivity contribution >= 4 is 5.95 Å². The van der Waals surface area contributed by atoms with Crippen LogP contribution in [0.4, 0.5) is 5.95 Å². The number of aromatic amines is 1. The standard InChI is InChI=1S/C12H23N5/c1-8(2)11-14-12(16-15-11)17-6-4-10(5-7-17)9(3)13/h8-10H,4-7,13H2,1-3H3,(H,14,15,16). The Morgan fingerprint density at radius 2 is 1.94 bits per heavy atom. The fourth-order valence-electron chi connectivity index (χ4n) is 2.29. The first-order valence-corrected chi connectivity index (χ1v) is 6.50. The highest BCUT2D eigenvalue weighted by atomic mass is 15.4. The number of hydrogen-bond acceptors (Lipinski definition) is 4. The van der Waals surface area contributed by atoms with Crippen molar-refractivity contribution in [2.45, 2.75) is 45.6 Å². The van der Waals surface area contributed by atoms with E-state index >= 15 is 0 Å². The minimum Gasteiger partial charge on any atom is -0.340 e. The van der Waals surface area contributed by atoms with Gasteiger partial charge in [0.1, 0.15) is 5.82 Å². The molecule has 1 unspecified atom stereocenters. The quantitative estimate of drug-likeness (QED) is 0.835. The first kappa shape index (κ1) is 12.4. The lowest BCUT2D eigenvalue weighted by atomic mass is 9.91. The number of anilines is 1. The summed E-state index contributed by atoms with van der Waals surface area (Å²) < 4.78 is 0. The summed E-state index contributed by atoms with van der Waals surface area (Å²) in [5.74, 6) is 2.86. The fraction of sp³-hybridized carbons (Fsp3) is 0.833. The van der Waals surface area contributed by atoms with Crippen molar-refractivity contribution < 1.29 is 0 Å². The van der Waals surface area contributed by atoms with Gasteiger partial charge in [-0.05, 0) is 25.7 Å². The summed E-state index contributed by atoms with van der Waals surface area (Å²) in [5, 5.41) is 7.30. The molecule has 2 heterocycles. The summed E-state index contributed by atoms with van der Waals surface area (Å²) in [5.41, 5.74) is 5.94. The maximum atomic E-state index is 5.94. The van der Waals surface area contributed by atoms with E-state index in [-0.39, 0.29) is 0 Å². The summed E-state index contributed by atoms with van der Waals surface area (Å²) in [4.78, 5) is 6.78. The summed E-state index contributed by atoms with van der Waals surface area (Å²) in [6.45, 7) is 8.37. The predicted octanol–water partition coefficient (Wildman–Crippen LogP) is 1.49. The SMILES string of the molecule is CC(C)c1nc(N2CCC(C(C)N)CC2)n[nH]1. The molecule has 3 N–H and O–H groups in total. The third kappa shape index (κ3) is 2.77. The van der Waals surface area contributed by atoms with Crippen LogP contribution in [0, 0.1) is 5.92 Å². The number of hydrogen-bond donors (Lipinski definition) is 2. The zero-order chi connectivity index (χ0) is 12.4. The normalized spacial score (nSPS) is 19.9. The van der Waals surface area contributed by atoms with Gasteiger partial charge in [-0.2, -0.15) is 4.98 Å². The second kappa shape index (κ2) is 5.04. The molecule has 0 spiro atoms. The number of H-pyrrole nitrogens is 1. The Morgan fingerprint density at radius 1 is 1.29 bits per heavy atom. The van der Waals surface area contributed by atoms with Crippen LogP contribution < -0.4 is 10.6 Å². The monoisotopic (exact) mass is 237 g/mol. The maximum Gasteiger partial charge on any atom is 0.244 e. The number of piperidine rings is 1. The van der Waals surface area contributed by atoms with Crippen LogP contribution in [0.2, 0.25) is 0 Å². The summed E-state index contributed by atoms with van der Waals surface area (Å²) in [6.07, 6.45) is 2.28. The van der Waals surface area contributed by atoms with E-state index in [0.717, 1.165) is 37.7 Å². The van der Waals surface area contributed by atoms with Crippen molar-refractivity contribution in [1.82, 2.24) is 15.2 Å². The van der Waals surface area contributed by atoms with Crippen LogP contribution in [0.3, 0.4) is 0 Å². The van der Waals surface area contributed by atoms with Crippen LogP contribution in [0.1, 0.15) is 45.4 Å². The Kier molecular flexibility index (Phi) is 3.66. The zero-order valence-corrected chi connectivity index (χ0v) is 11.0. The maximum absolute atomic E-state index is 5.94. The number of nitrogens with two attached hydrogens (primary N) is 1. The van der Waals surface area contributed by atoms with E-state index in [9.17, 15) is 0 Å². The highest BCUT2D eigenvalue weighted by molar-refractivity contribution is 5.29. The van der Waals surface area contributed by atoms with E-state index < -0.39 is 0 Å². The molecule has 1 aliphatic rings. The number of nitrogens with zero attached hydrogens (tertiary/aromatic N) is 3. The molecule has 1 fully saturated rings. The molecule has 1 atom stereocenters. The van der Waals surface area contributed by atoms with Gasteiger partial charge >= 0.3 is 0 Å². The molecular formula is C12H23N5. The highest BCUT2D eigenvalue weighted by Gasteiger charge is 2.24. The minimum atomic E-state index is 0.301. The first-order valence-electron chi connectivity index (χ1n) is 6.50. The summed E-state index contributed by atoms with van der Waals surface area (Å²) >= 11 is 0. The van der Waals surface area contributed by atoms with E-state index in [1.807, 2.05) is 0 Å². The lowest BCUT2D eigenvalue weighted by molar-refractivity contribution is 0.352. The van der Waals surface area contributed by atoms with Gasteiger partial charge in [0, 0.05) is 25.0 Å². The largest absolute Gasteiger partial charge is 0.340 e. The molecule has 96 valence electrons. The molecular weight excluding hydrogens is 214 g/mol. The van der Waals surface area contributed by atoms with Crippen molar-refractivity contribution in [3.05, 3.63) is 5.82 Å². The molecule has 1 aliphatic heterocycles. The van der Waals surface area contributed by atoms with Crippen molar-refractivity contribution in [3.8, 4) is 0 Å². The van der Waals surface area contributed by atoms with Crippen LogP contribution in [0.5, 0.6) is 0 Å². The van der Waals surface area contributed by atoms with Crippen molar-refractivity contribution in [2.75, 3.05) is 18.0 Å². The molecule has 1 aromatic heterocycles. The van der Waals surface area contributed by atoms with Gasteiger partial charge in [0.15, 0.2) is 0 Å². The third-order valence-corrected chi connectivity index (χ3v) is 3.60. The van der Waals surface area contributed by atoms with Crippen molar-refractivity contribution in [2.24, 2.45) is 11.7 Å². The van der Waals surface area contributed by atoms with Gasteiger partial charge in [-0.25, -0.2) is 0 Å². The van der Waals surface area contributed by atoms with Crippen LogP contribution in [-0.4, -0.2) is 34.3 Å². The Morgan fingerprint density at radius 3 is 2.41 bits per heavy atom. The third-order valence-electron chi connectivity index (χ3n) is 3.60. The molecule has 5 nitrogen and oxygen atoms in total. The fourth-order valence-corrected chi connectivity index (χ4v) is 2.29. The number of nitrogens with one attached hydrogen (secondary N) is 1.